The fraction of sp³-hybridized carbons (Fsp3) is 0.167. The Morgan fingerprint density at radius 2 is 2.00 bits per heavy atom. The van der Waals surface area contributed by atoms with E-state index in [0.717, 1.165) is 5.56 Å². The number of hydrogen-bond acceptors (Lipinski definition) is 5. The van der Waals surface area contributed by atoms with Gasteiger partial charge in [-0.2, -0.15) is 0 Å². The molecule has 6 nitrogen and oxygen atoms in total. The van der Waals surface area contributed by atoms with E-state index in [0.29, 0.717) is 17.2 Å². The largest absolute Gasteiger partial charge is 0.478 e. The zero-order valence-electron chi connectivity index (χ0n) is 12.9. The molecule has 2 aromatic carbocycles. The van der Waals surface area contributed by atoms with E-state index in [-0.39, 0.29) is 17.7 Å². The number of fused-ring (bicyclic) bond motifs is 1. The molecule has 0 saturated heterocycles. The molecule has 1 heterocycles. The number of alkyl halides is 1. The Bertz CT molecular complexity index is 860. The second-order valence-electron chi connectivity index (χ2n) is 5.48. The Labute approximate surface area is 147 Å². The molecule has 1 unspecified atom stereocenters. The van der Waals surface area contributed by atoms with Crippen molar-refractivity contribution in [2.24, 2.45) is 5.92 Å². The van der Waals surface area contributed by atoms with Crippen LogP contribution >= 0.6 is 11.6 Å². The lowest BCUT2D eigenvalue weighted by molar-refractivity contribution is -0.152. The second kappa shape index (κ2) is 6.94. The van der Waals surface area contributed by atoms with Crippen LogP contribution in [0.2, 0.25) is 0 Å². The SMILES string of the molecule is O=C(O)c1ccccc1OC(=O)C1Cc2cc(CCl)ccc2OC1=O. The Balaban J connectivity index is 1.83. The first-order valence-electron chi connectivity index (χ1n) is 7.43. The van der Waals surface area contributed by atoms with Gasteiger partial charge in [0.25, 0.3) is 0 Å². The number of aromatic carboxylic acids is 1. The molecule has 1 aliphatic heterocycles. The summed E-state index contributed by atoms with van der Waals surface area (Å²) in [4.78, 5) is 35.7. The number of benzene rings is 2. The minimum absolute atomic E-state index is 0.104. The summed E-state index contributed by atoms with van der Waals surface area (Å²) in [6, 6.07) is 10.9. The molecule has 0 bridgehead atoms. The van der Waals surface area contributed by atoms with Gasteiger partial charge in [-0.05, 0) is 29.3 Å². The molecule has 2 aromatic rings. The maximum atomic E-state index is 12.4. The number of halogens is 1. The first-order chi connectivity index (χ1) is 12.0. The Kier molecular flexibility index (Phi) is 4.72. The van der Waals surface area contributed by atoms with Gasteiger partial charge in [-0.3, -0.25) is 9.59 Å². The molecular formula is C18H13ClO6. The van der Waals surface area contributed by atoms with Crippen LogP contribution in [0.25, 0.3) is 0 Å². The van der Waals surface area contributed by atoms with Gasteiger partial charge < -0.3 is 14.6 Å². The average Bonchev–Trinajstić information content (AvgIpc) is 2.61. The molecule has 0 amide bonds. The highest BCUT2D eigenvalue weighted by Crippen LogP contribution is 2.30. The molecule has 0 saturated carbocycles. The zero-order chi connectivity index (χ0) is 18.0. The van der Waals surface area contributed by atoms with E-state index in [4.69, 9.17) is 26.2 Å². The minimum atomic E-state index is -1.23. The first-order valence-corrected chi connectivity index (χ1v) is 7.96. The average molecular weight is 361 g/mol. The summed E-state index contributed by atoms with van der Waals surface area (Å²) in [7, 11) is 0. The van der Waals surface area contributed by atoms with Crippen LogP contribution < -0.4 is 9.47 Å². The van der Waals surface area contributed by atoms with Crippen LogP contribution in [0, 0.1) is 5.92 Å². The summed E-state index contributed by atoms with van der Waals surface area (Å²) in [6.07, 6.45) is 0.104. The molecule has 0 fully saturated rings. The van der Waals surface area contributed by atoms with Gasteiger partial charge in [0, 0.05) is 12.3 Å². The van der Waals surface area contributed by atoms with Gasteiger partial charge in [-0.1, -0.05) is 24.3 Å². The van der Waals surface area contributed by atoms with Crippen LogP contribution in [0.3, 0.4) is 0 Å². The lowest BCUT2D eigenvalue weighted by Gasteiger charge is -2.22. The number of carboxylic acid groups (broad SMARTS) is 1. The molecule has 7 heteroatoms. The van der Waals surface area contributed by atoms with E-state index in [1.54, 1.807) is 18.2 Å². The predicted octanol–water partition coefficient (Wildman–Crippen LogP) is 2.81. The number of esters is 2. The van der Waals surface area contributed by atoms with Gasteiger partial charge in [-0.15, -0.1) is 11.6 Å². The third-order valence-corrected chi connectivity index (χ3v) is 4.12. The monoisotopic (exact) mass is 360 g/mol. The molecule has 25 heavy (non-hydrogen) atoms. The number of para-hydroxylation sites is 1. The van der Waals surface area contributed by atoms with E-state index in [1.165, 1.54) is 24.3 Å². The second-order valence-corrected chi connectivity index (χ2v) is 5.74. The van der Waals surface area contributed by atoms with Crippen molar-refractivity contribution in [1.82, 2.24) is 0 Å². The maximum absolute atomic E-state index is 12.4. The summed E-state index contributed by atoms with van der Waals surface area (Å²) in [5.41, 5.74) is 1.35. The van der Waals surface area contributed by atoms with Crippen LogP contribution in [-0.4, -0.2) is 23.0 Å². The van der Waals surface area contributed by atoms with Crippen molar-refractivity contribution in [3.63, 3.8) is 0 Å². The number of carboxylic acids is 1. The summed E-state index contributed by atoms with van der Waals surface area (Å²) in [5.74, 6) is -3.43. The molecule has 0 spiro atoms. The summed E-state index contributed by atoms with van der Waals surface area (Å²) >= 11 is 5.80. The zero-order valence-corrected chi connectivity index (χ0v) is 13.7. The topological polar surface area (TPSA) is 89.9 Å². The molecule has 128 valence electrons. The highest BCUT2D eigenvalue weighted by Gasteiger charge is 2.36. The van der Waals surface area contributed by atoms with Gasteiger partial charge in [0.15, 0.2) is 5.92 Å². The van der Waals surface area contributed by atoms with E-state index in [1.807, 2.05) is 0 Å². The summed E-state index contributed by atoms with van der Waals surface area (Å²) in [5, 5.41) is 9.13. The van der Waals surface area contributed by atoms with Gasteiger partial charge in [0.05, 0.1) is 0 Å². The van der Waals surface area contributed by atoms with Crippen LogP contribution in [0.4, 0.5) is 0 Å². The van der Waals surface area contributed by atoms with E-state index >= 15 is 0 Å². The quantitative estimate of drug-likeness (QED) is 0.390. The highest BCUT2D eigenvalue weighted by atomic mass is 35.5. The van der Waals surface area contributed by atoms with Gasteiger partial charge in [0.2, 0.25) is 0 Å². The number of rotatable bonds is 4. The number of carbonyl (C=O) groups excluding carboxylic acids is 2. The van der Waals surface area contributed by atoms with Crippen molar-refractivity contribution in [2.75, 3.05) is 0 Å². The fourth-order valence-electron chi connectivity index (χ4n) is 2.55. The molecule has 3 rings (SSSR count). The van der Waals surface area contributed by atoms with E-state index in [9.17, 15) is 14.4 Å². The highest BCUT2D eigenvalue weighted by molar-refractivity contribution is 6.17. The third-order valence-electron chi connectivity index (χ3n) is 3.81. The van der Waals surface area contributed by atoms with Crippen molar-refractivity contribution in [1.29, 1.82) is 0 Å². The molecular weight excluding hydrogens is 348 g/mol. The molecule has 1 aliphatic rings. The summed E-state index contributed by atoms with van der Waals surface area (Å²) in [6.45, 7) is 0. The van der Waals surface area contributed by atoms with Crippen LogP contribution in [0.5, 0.6) is 11.5 Å². The van der Waals surface area contributed by atoms with Crippen molar-refractivity contribution >= 4 is 29.5 Å². The Morgan fingerprint density at radius 3 is 2.72 bits per heavy atom. The lowest BCUT2D eigenvalue weighted by Crippen LogP contribution is -2.36. The minimum Gasteiger partial charge on any atom is -0.478 e. The van der Waals surface area contributed by atoms with Crippen molar-refractivity contribution < 1.29 is 29.0 Å². The lowest BCUT2D eigenvalue weighted by atomic mass is 9.95. The number of hydrogen-bond donors (Lipinski definition) is 1. The maximum Gasteiger partial charge on any atom is 0.339 e. The van der Waals surface area contributed by atoms with Gasteiger partial charge in [0.1, 0.15) is 17.1 Å². The third kappa shape index (κ3) is 3.49. The van der Waals surface area contributed by atoms with E-state index in [2.05, 4.69) is 0 Å². The number of ether oxygens (including phenoxy) is 2. The van der Waals surface area contributed by atoms with E-state index < -0.39 is 23.8 Å². The van der Waals surface area contributed by atoms with Crippen LogP contribution in [0.1, 0.15) is 21.5 Å². The van der Waals surface area contributed by atoms with Crippen LogP contribution in [0.15, 0.2) is 42.5 Å². The molecule has 0 aromatic heterocycles. The molecule has 1 N–H and O–H groups in total. The smallest absolute Gasteiger partial charge is 0.339 e. The molecule has 1 atom stereocenters. The fourth-order valence-corrected chi connectivity index (χ4v) is 2.72. The number of carbonyl (C=O) groups is 3. The molecule has 0 aliphatic carbocycles. The molecule has 0 radical (unpaired) electrons. The normalized spacial score (nSPS) is 15.9. The van der Waals surface area contributed by atoms with Gasteiger partial charge >= 0.3 is 17.9 Å². The van der Waals surface area contributed by atoms with Crippen LogP contribution in [-0.2, 0) is 21.9 Å². The Morgan fingerprint density at radius 1 is 1.24 bits per heavy atom. The first kappa shape index (κ1) is 17.0. The van der Waals surface area contributed by atoms with Crippen molar-refractivity contribution in [2.45, 2.75) is 12.3 Å². The van der Waals surface area contributed by atoms with Crippen molar-refractivity contribution in [3.05, 3.63) is 59.2 Å². The summed E-state index contributed by atoms with van der Waals surface area (Å²) < 4.78 is 10.3. The Hall–Kier alpha value is -2.86. The van der Waals surface area contributed by atoms with Gasteiger partial charge in [-0.25, -0.2) is 4.79 Å². The standard InChI is InChI=1S/C18H13ClO6/c19-9-10-5-6-14-11(7-10)8-13(17(22)24-14)18(23)25-15-4-2-1-3-12(15)16(20)21/h1-7,13H,8-9H2,(H,20,21). The predicted molar refractivity (Wildman–Crippen MR) is 87.9 cm³/mol. The van der Waals surface area contributed by atoms with Crippen molar-refractivity contribution in [3.8, 4) is 11.5 Å².